The Bertz CT molecular complexity index is 402. The Morgan fingerprint density at radius 3 is 2.67 bits per heavy atom. The van der Waals surface area contributed by atoms with Gasteiger partial charge in [-0.15, -0.1) is 0 Å². The Morgan fingerprint density at radius 1 is 1.39 bits per heavy atom. The Labute approximate surface area is 114 Å². The molecular weight excluding hydrogens is 264 g/mol. The summed E-state index contributed by atoms with van der Waals surface area (Å²) < 4.78 is 5.05. The number of carbonyl (C=O) groups is 1. The van der Waals surface area contributed by atoms with E-state index in [1.165, 1.54) is 11.3 Å². The molecule has 1 unspecified atom stereocenters. The fourth-order valence-electron chi connectivity index (χ4n) is 1.69. The highest BCUT2D eigenvalue weighted by atomic mass is 35.6. The molecule has 0 spiro atoms. The third kappa shape index (κ3) is 5.06. The van der Waals surface area contributed by atoms with Crippen molar-refractivity contribution < 1.29 is 9.53 Å². The van der Waals surface area contributed by atoms with Crippen LogP contribution in [0, 0.1) is 0 Å². The van der Waals surface area contributed by atoms with Crippen LogP contribution in [0.25, 0.3) is 0 Å². The van der Waals surface area contributed by atoms with Crippen LogP contribution in [0.4, 0.5) is 0 Å². The van der Waals surface area contributed by atoms with Gasteiger partial charge in [-0.2, -0.15) is 11.1 Å². The first kappa shape index (κ1) is 15.0. The SMILES string of the molecule is CC=CC(=O)OCCC[Si](C)(Cl)c1ccccc1. The zero-order valence-electron chi connectivity index (χ0n) is 10.9. The summed E-state index contributed by atoms with van der Waals surface area (Å²) in [5, 5.41) is 1.23. The first-order valence-electron chi connectivity index (χ1n) is 6.10. The third-order valence-corrected chi connectivity index (χ3v) is 6.76. The van der Waals surface area contributed by atoms with Gasteiger partial charge in [-0.3, -0.25) is 0 Å². The minimum Gasteiger partial charge on any atom is -0.463 e. The van der Waals surface area contributed by atoms with Gasteiger partial charge in [-0.1, -0.05) is 43.0 Å². The van der Waals surface area contributed by atoms with Crippen molar-refractivity contribution in [2.45, 2.75) is 25.9 Å². The van der Waals surface area contributed by atoms with Crippen molar-refractivity contribution >= 4 is 29.6 Å². The van der Waals surface area contributed by atoms with Crippen molar-refractivity contribution in [3.05, 3.63) is 42.5 Å². The first-order valence-corrected chi connectivity index (χ1v) is 9.82. The Morgan fingerprint density at radius 2 is 2.06 bits per heavy atom. The molecule has 0 heterocycles. The summed E-state index contributed by atoms with van der Waals surface area (Å²) in [6, 6.07) is 11.1. The fraction of sp³-hybridized carbons (Fsp3) is 0.357. The van der Waals surface area contributed by atoms with Crippen molar-refractivity contribution in [1.29, 1.82) is 0 Å². The van der Waals surface area contributed by atoms with Crippen LogP contribution in [0.3, 0.4) is 0 Å². The molecule has 0 aromatic heterocycles. The quantitative estimate of drug-likeness (QED) is 0.263. The maximum absolute atomic E-state index is 11.1. The van der Waals surface area contributed by atoms with Gasteiger partial charge in [0.05, 0.1) is 6.61 Å². The second-order valence-electron chi connectivity index (χ2n) is 4.33. The molecule has 0 aliphatic heterocycles. The van der Waals surface area contributed by atoms with Crippen molar-refractivity contribution in [3.63, 3.8) is 0 Å². The van der Waals surface area contributed by atoms with Crippen LogP contribution >= 0.6 is 11.1 Å². The van der Waals surface area contributed by atoms with Crippen molar-refractivity contribution in [1.82, 2.24) is 0 Å². The number of allylic oxidation sites excluding steroid dienone is 1. The standard InChI is InChI=1S/C14H19ClO2Si/c1-3-8-14(16)17-11-7-12-18(2,15)13-9-5-4-6-10-13/h3-6,8-10H,7,11-12H2,1-2H3. The number of hydrogen-bond acceptors (Lipinski definition) is 2. The van der Waals surface area contributed by atoms with Crippen LogP contribution in [0.2, 0.25) is 12.6 Å². The topological polar surface area (TPSA) is 26.3 Å². The van der Waals surface area contributed by atoms with Gasteiger partial charge in [-0.05, 0) is 24.6 Å². The second kappa shape index (κ2) is 7.39. The third-order valence-electron chi connectivity index (χ3n) is 2.71. The summed E-state index contributed by atoms with van der Waals surface area (Å²) in [6.07, 6.45) is 3.91. The lowest BCUT2D eigenvalue weighted by Crippen LogP contribution is -2.38. The van der Waals surface area contributed by atoms with Crippen LogP contribution in [-0.4, -0.2) is 20.0 Å². The van der Waals surface area contributed by atoms with Crippen LogP contribution in [-0.2, 0) is 9.53 Å². The summed E-state index contributed by atoms with van der Waals surface area (Å²) in [6.45, 7) is 4.35. The number of hydrogen-bond donors (Lipinski definition) is 0. The molecule has 0 fully saturated rings. The monoisotopic (exact) mass is 282 g/mol. The Kier molecular flexibility index (Phi) is 6.16. The lowest BCUT2D eigenvalue weighted by Gasteiger charge is -2.19. The van der Waals surface area contributed by atoms with Gasteiger partial charge in [0.2, 0.25) is 0 Å². The zero-order valence-corrected chi connectivity index (χ0v) is 12.6. The van der Waals surface area contributed by atoms with E-state index in [2.05, 4.69) is 18.7 Å². The van der Waals surface area contributed by atoms with Gasteiger partial charge in [0.25, 0.3) is 0 Å². The molecule has 1 aromatic carbocycles. The minimum absolute atomic E-state index is 0.282. The molecule has 2 nitrogen and oxygen atoms in total. The molecule has 1 rings (SSSR count). The number of ether oxygens (including phenoxy) is 1. The molecule has 0 saturated heterocycles. The highest BCUT2D eigenvalue weighted by molar-refractivity contribution is 7.26. The highest BCUT2D eigenvalue weighted by Crippen LogP contribution is 2.17. The minimum atomic E-state index is -1.91. The summed E-state index contributed by atoms with van der Waals surface area (Å²) >= 11 is 6.62. The molecule has 0 bridgehead atoms. The number of benzene rings is 1. The molecule has 0 radical (unpaired) electrons. The number of esters is 1. The van der Waals surface area contributed by atoms with Crippen molar-refractivity contribution in [2.75, 3.05) is 6.61 Å². The molecule has 1 aromatic rings. The van der Waals surface area contributed by atoms with Gasteiger partial charge in [0, 0.05) is 6.08 Å². The van der Waals surface area contributed by atoms with Crippen LogP contribution < -0.4 is 5.19 Å². The largest absolute Gasteiger partial charge is 0.463 e. The normalized spacial score (nSPS) is 14.4. The van der Waals surface area contributed by atoms with E-state index in [-0.39, 0.29) is 5.97 Å². The Hall–Kier alpha value is -1.06. The molecule has 18 heavy (non-hydrogen) atoms. The van der Waals surface area contributed by atoms with Crippen LogP contribution in [0.1, 0.15) is 13.3 Å². The average Bonchev–Trinajstić information content (AvgIpc) is 2.36. The molecule has 0 amide bonds. The molecule has 4 heteroatoms. The predicted molar refractivity (Wildman–Crippen MR) is 78.7 cm³/mol. The molecule has 1 atom stereocenters. The lowest BCUT2D eigenvalue weighted by atomic mass is 10.4. The van der Waals surface area contributed by atoms with E-state index < -0.39 is 7.38 Å². The smallest absolute Gasteiger partial charge is 0.330 e. The van der Waals surface area contributed by atoms with E-state index in [1.807, 2.05) is 18.2 Å². The maximum atomic E-state index is 11.1. The van der Waals surface area contributed by atoms with Crippen LogP contribution in [0.5, 0.6) is 0 Å². The van der Waals surface area contributed by atoms with E-state index in [0.29, 0.717) is 6.61 Å². The van der Waals surface area contributed by atoms with Crippen molar-refractivity contribution in [2.24, 2.45) is 0 Å². The summed E-state index contributed by atoms with van der Waals surface area (Å²) in [5.41, 5.74) is 0. The van der Waals surface area contributed by atoms with E-state index in [9.17, 15) is 4.79 Å². The van der Waals surface area contributed by atoms with E-state index in [0.717, 1.165) is 12.5 Å². The van der Waals surface area contributed by atoms with Gasteiger partial charge >= 0.3 is 5.97 Å². The summed E-state index contributed by atoms with van der Waals surface area (Å²) in [5.74, 6) is -0.282. The van der Waals surface area contributed by atoms with Gasteiger partial charge in [0.1, 0.15) is 0 Å². The maximum Gasteiger partial charge on any atom is 0.330 e. The lowest BCUT2D eigenvalue weighted by molar-refractivity contribution is -0.137. The zero-order chi connectivity index (χ0) is 13.4. The fourth-order valence-corrected chi connectivity index (χ4v) is 4.45. The van der Waals surface area contributed by atoms with Gasteiger partial charge in [-0.25, -0.2) is 4.79 Å². The van der Waals surface area contributed by atoms with Gasteiger partial charge in [0.15, 0.2) is 7.38 Å². The van der Waals surface area contributed by atoms with Crippen LogP contribution in [0.15, 0.2) is 42.5 Å². The second-order valence-corrected chi connectivity index (χ2v) is 10.3. The molecule has 0 saturated carbocycles. The van der Waals surface area contributed by atoms with Gasteiger partial charge < -0.3 is 4.74 Å². The Balaban J connectivity index is 2.37. The molecule has 0 aliphatic rings. The number of halogens is 1. The van der Waals surface area contributed by atoms with E-state index in [4.69, 9.17) is 15.8 Å². The molecule has 0 aliphatic carbocycles. The molecule has 0 N–H and O–H groups in total. The highest BCUT2D eigenvalue weighted by Gasteiger charge is 2.26. The summed E-state index contributed by atoms with van der Waals surface area (Å²) in [7, 11) is -1.91. The van der Waals surface area contributed by atoms with E-state index in [1.54, 1.807) is 13.0 Å². The molecule has 98 valence electrons. The van der Waals surface area contributed by atoms with E-state index >= 15 is 0 Å². The summed E-state index contributed by atoms with van der Waals surface area (Å²) in [4.78, 5) is 11.1. The molecular formula is C14H19ClO2Si. The predicted octanol–water partition coefficient (Wildman–Crippen LogP) is 3.22. The number of rotatable bonds is 6. The van der Waals surface area contributed by atoms with Crippen molar-refractivity contribution in [3.8, 4) is 0 Å². The number of carbonyl (C=O) groups excluding carboxylic acids is 1. The average molecular weight is 283 g/mol. The first-order chi connectivity index (χ1) is 8.56.